The van der Waals surface area contributed by atoms with Crippen LogP contribution in [0.5, 0.6) is 0 Å². The molecule has 2 N–H and O–H groups in total. The van der Waals surface area contributed by atoms with E-state index in [-0.39, 0.29) is 24.8 Å². The normalized spacial score (nSPS) is 7.30. The molecule has 0 unspecified atom stereocenters. The highest BCUT2D eigenvalue weighted by Gasteiger charge is 1.82. The van der Waals surface area contributed by atoms with E-state index in [9.17, 15) is 0 Å². The largest absolute Gasteiger partial charge is 0.326 e. The van der Waals surface area contributed by atoms with Crippen LogP contribution in [0.15, 0.2) is 18.5 Å². The zero-order valence-corrected chi connectivity index (χ0v) is 6.86. The SMILES string of the molecule is Cl.Cl.NCc1ccnnc1. The Bertz CT molecular complexity index is 156. The molecule has 0 saturated heterocycles. The third-order valence-corrected chi connectivity index (χ3v) is 0.881. The fraction of sp³-hybridized carbons (Fsp3) is 0.200. The number of nitrogens with two attached hydrogens (primary N) is 1. The van der Waals surface area contributed by atoms with Crippen molar-refractivity contribution < 1.29 is 0 Å². The smallest absolute Gasteiger partial charge is 0.0541 e. The Balaban J connectivity index is 0. The maximum atomic E-state index is 5.28. The number of nitrogens with zero attached hydrogens (tertiary/aromatic N) is 2. The molecule has 0 aliphatic carbocycles. The summed E-state index contributed by atoms with van der Waals surface area (Å²) in [4.78, 5) is 0. The van der Waals surface area contributed by atoms with Crippen LogP contribution >= 0.6 is 24.8 Å². The monoisotopic (exact) mass is 181 g/mol. The van der Waals surface area contributed by atoms with Crippen LogP contribution in [0.25, 0.3) is 0 Å². The van der Waals surface area contributed by atoms with Crippen LogP contribution in [-0.2, 0) is 6.54 Å². The van der Waals surface area contributed by atoms with Crippen LogP contribution < -0.4 is 5.73 Å². The van der Waals surface area contributed by atoms with E-state index in [0.29, 0.717) is 6.54 Å². The van der Waals surface area contributed by atoms with E-state index in [1.54, 1.807) is 12.4 Å². The summed E-state index contributed by atoms with van der Waals surface area (Å²) in [7, 11) is 0. The predicted octanol–water partition coefficient (Wildman–Crippen LogP) is 0.779. The average molecular weight is 182 g/mol. The minimum Gasteiger partial charge on any atom is -0.326 e. The Kier molecular flexibility index (Phi) is 8.29. The zero-order valence-electron chi connectivity index (χ0n) is 5.23. The number of halogens is 2. The maximum Gasteiger partial charge on any atom is 0.0541 e. The Labute approximate surface area is 71.9 Å². The molecule has 0 atom stereocenters. The molecule has 58 valence electrons. The first kappa shape index (κ1) is 12.3. The first-order chi connectivity index (χ1) is 3.93. The quantitative estimate of drug-likeness (QED) is 0.698. The van der Waals surface area contributed by atoms with E-state index in [2.05, 4.69) is 10.2 Å². The van der Waals surface area contributed by atoms with Gasteiger partial charge in [0.1, 0.15) is 0 Å². The molecule has 3 nitrogen and oxygen atoms in total. The summed E-state index contributed by atoms with van der Waals surface area (Å²) >= 11 is 0. The van der Waals surface area contributed by atoms with Gasteiger partial charge in [-0.2, -0.15) is 10.2 Å². The van der Waals surface area contributed by atoms with Crippen molar-refractivity contribution in [1.82, 2.24) is 10.2 Å². The molecule has 0 amide bonds. The lowest BCUT2D eigenvalue weighted by Gasteiger charge is -1.88. The third-order valence-electron chi connectivity index (χ3n) is 0.881. The molecule has 0 spiro atoms. The van der Waals surface area contributed by atoms with Crippen LogP contribution in [0, 0.1) is 0 Å². The van der Waals surface area contributed by atoms with E-state index < -0.39 is 0 Å². The lowest BCUT2D eigenvalue weighted by molar-refractivity contribution is 0.966. The highest BCUT2D eigenvalue weighted by atomic mass is 35.5. The molecule has 0 bridgehead atoms. The van der Waals surface area contributed by atoms with Crippen LogP contribution in [0.1, 0.15) is 5.56 Å². The minimum atomic E-state index is 0. The lowest BCUT2D eigenvalue weighted by atomic mass is 10.3. The topological polar surface area (TPSA) is 51.8 Å². The summed E-state index contributed by atoms with van der Waals surface area (Å²) in [6.07, 6.45) is 3.28. The fourth-order valence-corrected chi connectivity index (χ4v) is 0.439. The summed E-state index contributed by atoms with van der Waals surface area (Å²) in [5.74, 6) is 0. The van der Waals surface area contributed by atoms with E-state index in [1.165, 1.54) is 0 Å². The Morgan fingerprint density at radius 2 is 2.00 bits per heavy atom. The molecule has 0 fully saturated rings. The van der Waals surface area contributed by atoms with Gasteiger partial charge in [-0.25, -0.2) is 0 Å². The first-order valence-corrected chi connectivity index (χ1v) is 2.39. The Hall–Kier alpha value is -0.380. The predicted molar refractivity (Wildman–Crippen MR) is 44.4 cm³/mol. The van der Waals surface area contributed by atoms with Gasteiger partial charge in [0.25, 0.3) is 0 Å². The van der Waals surface area contributed by atoms with E-state index in [0.717, 1.165) is 5.56 Å². The maximum absolute atomic E-state index is 5.28. The molecule has 1 aromatic rings. The molecule has 10 heavy (non-hydrogen) atoms. The summed E-state index contributed by atoms with van der Waals surface area (Å²) in [5, 5.41) is 7.21. The standard InChI is InChI=1S/C5H7N3.2ClH/c6-3-5-1-2-7-8-4-5;;/h1-2,4H,3,6H2;2*1H. The Morgan fingerprint density at radius 1 is 1.30 bits per heavy atom. The van der Waals surface area contributed by atoms with Crippen molar-refractivity contribution in [3.05, 3.63) is 24.0 Å². The molecule has 0 aliphatic heterocycles. The second-order valence-electron chi connectivity index (χ2n) is 1.45. The number of hydrogen-bond donors (Lipinski definition) is 1. The summed E-state index contributed by atoms with van der Waals surface area (Å²) < 4.78 is 0. The molecule has 5 heteroatoms. The van der Waals surface area contributed by atoms with E-state index >= 15 is 0 Å². The van der Waals surface area contributed by atoms with E-state index in [1.807, 2.05) is 6.07 Å². The summed E-state index contributed by atoms with van der Waals surface area (Å²) in [5.41, 5.74) is 6.30. The second-order valence-corrected chi connectivity index (χ2v) is 1.45. The van der Waals surface area contributed by atoms with Crippen molar-refractivity contribution in [2.45, 2.75) is 6.54 Å². The van der Waals surface area contributed by atoms with Gasteiger partial charge in [0.05, 0.1) is 6.20 Å². The van der Waals surface area contributed by atoms with Crippen molar-refractivity contribution in [1.29, 1.82) is 0 Å². The number of rotatable bonds is 1. The molecule has 0 saturated carbocycles. The van der Waals surface area contributed by atoms with Gasteiger partial charge < -0.3 is 5.73 Å². The van der Waals surface area contributed by atoms with Gasteiger partial charge in [0.2, 0.25) is 0 Å². The summed E-state index contributed by atoms with van der Waals surface area (Å²) in [6, 6.07) is 1.84. The van der Waals surface area contributed by atoms with Crippen LogP contribution in [0.2, 0.25) is 0 Å². The average Bonchev–Trinajstić information content (AvgIpc) is 1.90. The molecule has 0 aliphatic rings. The molecular formula is C5H9Cl2N3. The van der Waals surface area contributed by atoms with Gasteiger partial charge in [0, 0.05) is 12.7 Å². The van der Waals surface area contributed by atoms with Gasteiger partial charge in [-0.1, -0.05) is 0 Å². The van der Waals surface area contributed by atoms with Crippen LogP contribution in [-0.4, -0.2) is 10.2 Å². The minimum absolute atomic E-state index is 0. The van der Waals surface area contributed by atoms with Crippen molar-refractivity contribution in [2.24, 2.45) is 5.73 Å². The third kappa shape index (κ3) is 3.61. The molecule has 0 aromatic carbocycles. The Morgan fingerprint density at radius 3 is 2.30 bits per heavy atom. The van der Waals surface area contributed by atoms with Crippen molar-refractivity contribution >= 4 is 24.8 Å². The fourth-order valence-electron chi connectivity index (χ4n) is 0.439. The molecule has 1 rings (SSSR count). The highest BCUT2D eigenvalue weighted by Crippen LogP contribution is 1.88. The van der Waals surface area contributed by atoms with Gasteiger partial charge in [-0.3, -0.25) is 0 Å². The van der Waals surface area contributed by atoms with Gasteiger partial charge in [0.15, 0.2) is 0 Å². The zero-order chi connectivity index (χ0) is 5.82. The highest BCUT2D eigenvalue weighted by molar-refractivity contribution is 5.85. The van der Waals surface area contributed by atoms with Crippen molar-refractivity contribution in [2.75, 3.05) is 0 Å². The van der Waals surface area contributed by atoms with Crippen molar-refractivity contribution in [3.63, 3.8) is 0 Å². The van der Waals surface area contributed by atoms with Gasteiger partial charge in [-0.15, -0.1) is 24.8 Å². The van der Waals surface area contributed by atoms with Crippen molar-refractivity contribution in [3.8, 4) is 0 Å². The number of aromatic nitrogens is 2. The summed E-state index contributed by atoms with van der Waals surface area (Å²) in [6.45, 7) is 0.537. The molecule has 0 radical (unpaired) electrons. The van der Waals surface area contributed by atoms with Crippen LogP contribution in [0.4, 0.5) is 0 Å². The first-order valence-electron chi connectivity index (χ1n) is 2.39. The number of hydrogen-bond acceptors (Lipinski definition) is 3. The second kappa shape index (κ2) is 6.74. The lowest BCUT2D eigenvalue weighted by Crippen LogP contribution is -1.96. The van der Waals surface area contributed by atoms with Gasteiger partial charge in [-0.05, 0) is 11.6 Å². The van der Waals surface area contributed by atoms with Gasteiger partial charge >= 0.3 is 0 Å². The molecule has 1 aromatic heterocycles. The van der Waals surface area contributed by atoms with E-state index in [4.69, 9.17) is 5.73 Å². The molecule has 1 heterocycles. The van der Waals surface area contributed by atoms with Crippen LogP contribution in [0.3, 0.4) is 0 Å². The molecular weight excluding hydrogens is 173 g/mol.